The fraction of sp³-hybridized carbons (Fsp3) is 0.400. The largest absolute Gasteiger partial charge is 0.550 e. The summed E-state index contributed by atoms with van der Waals surface area (Å²) in [5, 5.41) is 15.9. The number of hydrogen-bond donors (Lipinski definition) is 1. The number of aromatic nitrogens is 2. The van der Waals surface area contributed by atoms with E-state index in [1.807, 2.05) is 29.0 Å². The molecule has 2 atom stereocenters. The van der Waals surface area contributed by atoms with Crippen LogP contribution in [0.4, 0.5) is 0 Å². The number of carboxylic acids is 1. The quantitative estimate of drug-likeness (QED) is 0.839. The third-order valence-corrected chi connectivity index (χ3v) is 4.91. The molecule has 2 aromatic rings. The molecule has 0 aromatic carbocycles. The van der Waals surface area contributed by atoms with Crippen molar-refractivity contribution in [2.24, 2.45) is 11.8 Å². The van der Waals surface area contributed by atoms with Gasteiger partial charge in [-0.2, -0.15) is 0 Å². The van der Waals surface area contributed by atoms with Crippen LogP contribution in [0.5, 0.6) is 0 Å². The van der Waals surface area contributed by atoms with Crippen LogP contribution in [0.25, 0.3) is 4.96 Å². The Morgan fingerprint density at radius 3 is 2.82 bits per heavy atom. The molecule has 1 aliphatic carbocycles. The number of imidazole rings is 1. The molecular weight excluding hydrogens is 302 g/mol. The molecule has 1 amide bonds. The van der Waals surface area contributed by atoms with Crippen molar-refractivity contribution < 1.29 is 14.7 Å². The van der Waals surface area contributed by atoms with Crippen molar-refractivity contribution in [2.75, 3.05) is 0 Å². The second kappa shape index (κ2) is 5.92. The number of rotatable bonds is 4. The third kappa shape index (κ3) is 2.76. The molecular formula is C15H16N3O3S-. The van der Waals surface area contributed by atoms with Gasteiger partial charge < -0.3 is 15.2 Å². The predicted octanol–water partition coefficient (Wildman–Crippen LogP) is 0.653. The molecule has 2 aromatic heterocycles. The maximum atomic E-state index is 12.2. The molecule has 2 heterocycles. The van der Waals surface area contributed by atoms with E-state index in [1.54, 1.807) is 17.4 Å². The fourth-order valence-corrected chi connectivity index (χ4v) is 3.57. The van der Waals surface area contributed by atoms with E-state index in [1.165, 1.54) is 0 Å². The molecule has 22 heavy (non-hydrogen) atoms. The zero-order valence-electron chi connectivity index (χ0n) is 12.1. The lowest BCUT2D eigenvalue weighted by Gasteiger charge is -2.28. The minimum absolute atomic E-state index is 0.258. The highest BCUT2D eigenvalue weighted by molar-refractivity contribution is 7.15. The Kier molecular flexibility index (Phi) is 3.98. The van der Waals surface area contributed by atoms with E-state index < -0.39 is 17.8 Å². The number of fused-ring (bicyclic) bond motifs is 1. The molecule has 0 saturated heterocycles. The van der Waals surface area contributed by atoms with Gasteiger partial charge in [0.15, 0.2) is 4.96 Å². The smallest absolute Gasteiger partial charge is 0.224 e. The van der Waals surface area contributed by atoms with Crippen LogP contribution in [-0.4, -0.2) is 21.3 Å². The van der Waals surface area contributed by atoms with Gasteiger partial charge in [0.1, 0.15) is 0 Å². The summed E-state index contributed by atoms with van der Waals surface area (Å²) < 4.78 is 1.97. The average molecular weight is 318 g/mol. The number of thiazole rings is 1. The van der Waals surface area contributed by atoms with Crippen LogP contribution in [-0.2, 0) is 16.1 Å². The number of allylic oxidation sites excluding steroid dienone is 2. The Bertz CT molecular complexity index is 746. The van der Waals surface area contributed by atoms with Crippen LogP contribution in [0.15, 0.2) is 23.7 Å². The van der Waals surface area contributed by atoms with Gasteiger partial charge in [0.25, 0.3) is 0 Å². The molecule has 116 valence electrons. The van der Waals surface area contributed by atoms with Gasteiger partial charge >= 0.3 is 0 Å². The van der Waals surface area contributed by atoms with E-state index >= 15 is 0 Å². The predicted molar refractivity (Wildman–Crippen MR) is 80.0 cm³/mol. The summed E-state index contributed by atoms with van der Waals surface area (Å²) in [6.07, 6.45) is 6.30. The Morgan fingerprint density at radius 2 is 2.14 bits per heavy atom. The topological polar surface area (TPSA) is 86.5 Å². The van der Waals surface area contributed by atoms with E-state index in [0.717, 1.165) is 16.3 Å². The molecule has 0 bridgehead atoms. The molecule has 0 saturated carbocycles. The van der Waals surface area contributed by atoms with Gasteiger partial charge in [-0.3, -0.25) is 9.20 Å². The minimum Gasteiger partial charge on any atom is -0.550 e. The number of nitrogens with one attached hydrogen (secondary N) is 1. The number of carboxylic acid groups (broad SMARTS) is 1. The lowest BCUT2D eigenvalue weighted by Crippen LogP contribution is -2.43. The first-order chi connectivity index (χ1) is 10.6. The lowest BCUT2D eigenvalue weighted by molar-refractivity contribution is -0.313. The molecule has 6 nitrogen and oxygen atoms in total. The molecule has 3 rings (SSSR count). The summed E-state index contributed by atoms with van der Waals surface area (Å²) in [7, 11) is 0. The molecule has 0 fully saturated rings. The van der Waals surface area contributed by atoms with Crippen molar-refractivity contribution in [1.29, 1.82) is 0 Å². The molecule has 0 spiro atoms. The van der Waals surface area contributed by atoms with Gasteiger partial charge in [-0.1, -0.05) is 12.2 Å². The van der Waals surface area contributed by atoms with Gasteiger partial charge in [0.05, 0.1) is 12.2 Å². The van der Waals surface area contributed by atoms with Gasteiger partial charge in [-0.25, -0.2) is 4.98 Å². The Labute approximate surface area is 131 Å². The van der Waals surface area contributed by atoms with Crippen molar-refractivity contribution in [1.82, 2.24) is 14.7 Å². The molecule has 7 heteroatoms. The van der Waals surface area contributed by atoms with E-state index in [4.69, 9.17) is 0 Å². The number of carbonyl (C=O) groups excluding carboxylic acids is 2. The van der Waals surface area contributed by atoms with Crippen molar-refractivity contribution >= 4 is 28.2 Å². The first-order valence-corrected chi connectivity index (χ1v) is 8.00. The number of nitrogens with zero attached hydrogens (tertiary/aromatic N) is 2. The standard InChI is InChI=1S/C15H17N3O3S/c1-9-8-22-15-17-10(7-18(9)15)6-16-13(19)11-4-2-3-5-12(11)14(20)21/h2-3,7-8,11-12H,4-6H2,1H3,(H,16,19)(H,20,21)/p-1/t11-,12+/m1/s1. The van der Waals surface area contributed by atoms with Crippen LogP contribution < -0.4 is 10.4 Å². The first kappa shape index (κ1) is 14.8. The molecule has 0 unspecified atom stereocenters. The third-order valence-electron chi connectivity index (χ3n) is 3.95. The molecule has 1 aliphatic rings. The summed E-state index contributed by atoms with van der Waals surface area (Å²) in [6.45, 7) is 2.29. The number of aliphatic carboxylic acids is 1. The summed E-state index contributed by atoms with van der Waals surface area (Å²) >= 11 is 1.55. The Morgan fingerprint density at radius 1 is 1.41 bits per heavy atom. The zero-order valence-corrected chi connectivity index (χ0v) is 12.9. The van der Waals surface area contributed by atoms with Crippen molar-refractivity contribution in [3.63, 3.8) is 0 Å². The van der Waals surface area contributed by atoms with E-state index in [-0.39, 0.29) is 5.91 Å². The number of carbonyl (C=O) groups is 2. The van der Waals surface area contributed by atoms with Crippen LogP contribution in [0.2, 0.25) is 0 Å². The van der Waals surface area contributed by atoms with Crippen LogP contribution in [0, 0.1) is 18.8 Å². The number of hydrogen-bond acceptors (Lipinski definition) is 5. The van der Waals surface area contributed by atoms with Crippen molar-refractivity contribution in [2.45, 2.75) is 26.3 Å². The van der Waals surface area contributed by atoms with Crippen molar-refractivity contribution in [3.05, 3.63) is 35.1 Å². The molecule has 1 N–H and O–H groups in total. The van der Waals surface area contributed by atoms with Crippen LogP contribution >= 0.6 is 11.3 Å². The van der Waals surface area contributed by atoms with Crippen LogP contribution in [0.3, 0.4) is 0 Å². The summed E-state index contributed by atoms with van der Waals surface area (Å²) in [6, 6.07) is 0. The zero-order chi connectivity index (χ0) is 15.7. The highest BCUT2D eigenvalue weighted by atomic mass is 32.1. The molecule has 0 radical (unpaired) electrons. The van der Waals surface area contributed by atoms with Gasteiger partial charge in [0.2, 0.25) is 5.91 Å². The van der Waals surface area contributed by atoms with Gasteiger partial charge in [-0.05, 0) is 19.8 Å². The maximum absolute atomic E-state index is 12.2. The number of aryl methyl sites for hydroxylation is 1. The SMILES string of the molecule is Cc1csc2nc(CNC(=O)[C@@H]3CC=CC[C@@H]3C(=O)[O-])cn12. The highest BCUT2D eigenvalue weighted by Crippen LogP contribution is 2.25. The summed E-state index contributed by atoms with van der Waals surface area (Å²) in [5.74, 6) is -2.74. The fourth-order valence-electron chi connectivity index (χ4n) is 2.70. The Balaban J connectivity index is 1.66. The van der Waals surface area contributed by atoms with Gasteiger partial charge in [0, 0.05) is 35.1 Å². The minimum atomic E-state index is -1.16. The first-order valence-electron chi connectivity index (χ1n) is 7.12. The van der Waals surface area contributed by atoms with E-state index in [0.29, 0.717) is 19.4 Å². The summed E-state index contributed by atoms with van der Waals surface area (Å²) in [5.41, 5.74) is 1.86. The van der Waals surface area contributed by atoms with Crippen molar-refractivity contribution in [3.8, 4) is 0 Å². The second-order valence-corrected chi connectivity index (χ2v) is 6.29. The van der Waals surface area contributed by atoms with E-state index in [9.17, 15) is 14.7 Å². The number of amides is 1. The summed E-state index contributed by atoms with van der Waals surface area (Å²) in [4.78, 5) is 28.7. The molecule has 0 aliphatic heterocycles. The average Bonchev–Trinajstić information content (AvgIpc) is 3.07. The van der Waals surface area contributed by atoms with E-state index in [2.05, 4.69) is 10.3 Å². The van der Waals surface area contributed by atoms with Gasteiger partial charge in [-0.15, -0.1) is 11.3 Å². The Hall–Kier alpha value is -2.15. The second-order valence-electron chi connectivity index (χ2n) is 5.45. The normalized spacial score (nSPS) is 21.1. The monoisotopic (exact) mass is 318 g/mol. The highest BCUT2D eigenvalue weighted by Gasteiger charge is 2.29. The maximum Gasteiger partial charge on any atom is 0.224 e. The lowest BCUT2D eigenvalue weighted by atomic mass is 9.82. The van der Waals surface area contributed by atoms with Crippen LogP contribution in [0.1, 0.15) is 24.2 Å².